The number of piperidine rings is 1. The summed E-state index contributed by atoms with van der Waals surface area (Å²) in [5.74, 6) is 1.03. The molecule has 0 unspecified atom stereocenters. The van der Waals surface area contributed by atoms with E-state index in [-0.39, 0.29) is 11.8 Å². The first-order valence-electron chi connectivity index (χ1n) is 11.3. The number of amides is 2. The van der Waals surface area contributed by atoms with Gasteiger partial charge in [0.05, 0.1) is 11.8 Å². The molecule has 0 aromatic heterocycles. The van der Waals surface area contributed by atoms with Crippen LogP contribution in [0.2, 0.25) is 0 Å². The summed E-state index contributed by atoms with van der Waals surface area (Å²) in [5.41, 5.74) is 1.21. The first-order valence-corrected chi connectivity index (χ1v) is 11.3. The minimum Gasteiger partial charge on any atom is -0.488 e. The average molecular weight is 400 g/mol. The van der Waals surface area contributed by atoms with Crippen LogP contribution in [0.25, 0.3) is 0 Å². The molecular weight excluding hydrogens is 366 g/mol. The number of benzene rings is 1. The minimum absolute atomic E-state index is 0.00457. The number of rotatable bonds is 7. The van der Waals surface area contributed by atoms with E-state index in [0.29, 0.717) is 31.9 Å². The van der Waals surface area contributed by atoms with Gasteiger partial charge in [-0.15, -0.1) is 0 Å². The number of ether oxygens (including phenoxy) is 1. The lowest BCUT2D eigenvalue weighted by molar-refractivity contribution is -0.148. The Morgan fingerprint density at radius 2 is 1.55 bits per heavy atom. The Kier molecular flexibility index (Phi) is 6.70. The minimum atomic E-state index is 0.00457. The molecule has 1 aromatic carbocycles. The Labute approximate surface area is 173 Å². The lowest BCUT2D eigenvalue weighted by Gasteiger charge is -2.37. The molecule has 6 nitrogen and oxygen atoms in total. The molecule has 0 N–H and O–H groups in total. The highest BCUT2D eigenvalue weighted by molar-refractivity contribution is 5.97. The summed E-state index contributed by atoms with van der Waals surface area (Å²) in [6.07, 6.45) is 7.88. The second kappa shape index (κ2) is 9.61. The van der Waals surface area contributed by atoms with E-state index >= 15 is 0 Å². The highest BCUT2D eigenvalue weighted by Crippen LogP contribution is 2.32. The Bertz CT molecular complexity index is 693. The summed E-state index contributed by atoms with van der Waals surface area (Å²) in [4.78, 5) is 30.2. The number of nitrogens with zero attached hydrogens (tertiary/aromatic N) is 3. The number of hydrogen-bond donors (Lipinski definition) is 0. The molecule has 0 bridgehead atoms. The average Bonchev–Trinajstić information content (AvgIpc) is 3.24. The van der Waals surface area contributed by atoms with Gasteiger partial charge in [0.1, 0.15) is 5.75 Å². The van der Waals surface area contributed by atoms with Crippen molar-refractivity contribution in [3.8, 4) is 5.75 Å². The van der Waals surface area contributed by atoms with Crippen molar-refractivity contribution in [3.05, 3.63) is 24.3 Å². The Morgan fingerprint density at radius 3 is 2.28 bits per heavy atom. The Balaban J connectivity index is 1.24. The van der Waals surface area contributed by atoms with E-state index in [1.165, 1.54) is 36.3 Å². The van der Waals surface area contributed by atoms with Gasteiger partial charge in [-0.3, -0.25) is 19.4 Å². The summed E-state index contributed by atoms with van der Waals surface area (Å²) < 4.78 is 6.31. The zero-order valence-corrected chi connectivity index (χ0v) is 17.4. The first kappa shape index (κ1) is 20.2. The number of imide groups is 1. The van der Waals surface area contributed by atoms with E-state index in [1.54, 1.807) is 0 Å². The summed E-state index contributed by atoms with van der Waals surface area (Å²) in [7, 11) is 0. The highest BCUT2D eigenvalue weighted by Gasteiger charge is 2.26. The number of likely N-dealkylation sites (tertiary alicyclic amines) is 1. The summed E-state index contributed by atoms with van der Waals surface area (Å²) in [6, 6.07) is 8.43. The third-order valence-electron chi connectivity index (χ3n) is 6.41. The van der Waals surface area contributed by atoms with Crippen LogP contribution in [0.5, 0.6) is 5.75 Å². The van der Waals surface area contributed by atoms with Gasteiger partial charge in [0.15, 0.2) is 0 Å². The Hall–Kier alpha value is -2.08. The second-order valence-electron chi connectivity index (χ2n) is 8.47. The van der Waals surface area contributed by atoms with E-state index in [1.807, 2.05) is 0 Å². The molecule has 6 heteroatoms. The molecule has 4 rings (SSSR count). The largest absolute Gasteiger partial charge is 0.488 e. The van der Waals surface area contributed by atoms with Crippen LogP contribution in [-0.2, 0) is 9.59 Å². The van der Waals surface area contributed by atoms with Gasteiger partial charge in [0.25, 0.3) is 0 Å². The van der Waals surface area contributed by atoms with Crippen LogP contribution in [0.4, 0.5) is 5.69 Å². The van der Waals surface area contributed by atoms with E-state index in [4.69, 9.17) is 4.74 Å². The van der Waals surface area contributed by atoms with Gasteiger partial charge in [-0.05, 0) is 57.2 Å². The van der Waals surface area contributed by atoms with Gasteiger partial charge in [0, 0.05) is 45.6 Å². The zero-order valence-electron chi connectivity index (χ0n) is 17.4. The monoisotopic (exact) mass is 399 g/mol. The van der Waals surface area contributed by atoms with Crippen LogP contribution in [0.3, 0.4) is 0 Å². The van der Waals surface area contributed by atoms with Gasteiger partial charge in [0.2, 0.25) is 11.8 Å². The van der Waals surface area contributed by atoms with E-state index < -0.39 is 0 Å². The molecule has 0 spiro atoms. The number of carbonyl (C=O) groups excluding carboxylic acids is 2. The molecule has 29 heavy (non-hydrogen) atoms. The van der Waals surface area contributed by atoms with Crippen molar-refractivity contribution in [3.63, 3.8) is 0 Å². The predicted octanol–water partition coefficient (Wildman–Crippen LogP) is 3.06. The fraction of sp³-hybridized carbons (Fsp3) is 0.652. The van der Waals surface area contributed by atoms with Crippen LogP contribution in [0.15, 0.2) is 24.3 Å². The summed E-state index contributed by atoms with van der Waals surface area (Å²) >= 11 is 0. The molecule has 1 aliphatic carbocycles. The van der Waals surface area contributed by atoms with Crippen molar-refractivity contribution in [1.29, 1.82) is 0 Å². The molecule has 0 radical (unpaired) electrons. The molecule has 2 amide bonds. The molecule has 0 atom stereocenters. The third-order valence-corrected chi connectivity index (χ3v) is 6.41. The van der Waals surface area contributed by atoms with Crippen LogP contribution >= 0.6 is 0 Å². The van der Waals surface area contributed by atoms with Gasteiger partial charge in [-0.1, -0.05) is 12.1 Å². The standard InChI is InChI=1S/C23H33N3O3/c27-22-11-5-12-23(28)26(22)14-6-13-24-15-17-25(18-16-24)20-9-3-4-10-21(20)29-19-7-1-2-8-19/h3-4,9-10,19H,1-2,5-8,11-18H2. The number of carbonyl (C=O) groups is 2. The van der Waals surface area contributed by atoms with Gasteiger partial charge in [-0.2, -0.15) is 0 Å². The fourth-order valence-corrected chi connectivity index (χ4v) is 4.72. The molecule has 2 heterocycles. The lowest BCUT2D eigenvalue weighted by Crippen LogP contribution is -2.47. The van der Waals surface area contributed by atoms with E-state index in [9.17, 15) is 9.59 Å². The molecule has 1 saturated carbocycles. The Morgan fingerprint density at radius 1 is 0.862 bits per heavy atom. The van der Waals surface area contributed by atoms with Crippen molar-refractivity contribution in [2.75, 3.05) is 44.2 Å². The fourth-order valence-electron chi connectivity index (χ4n) is 4.72. The summed E-state index contributed by atoms with van der Waals surface area (Å²) in [6.45, 7) is 5.46. The highest BCUT2D eigenvalue weighted by atomic mass is 16.5. The lowest BCUT2D eigenvalue weighted by atomic mass is 10.1. The maximum absolute atomic E-state index is 11.9. The summed E-state index contributed by atoms with van der Waals surface area (Å²) in [5, 5.41) is 0. The van der Waals surface area contributed by atoms with E-state index in [0.717, 1.165) is 44.9 Å². The van der Waals surface area contributed by atoms with Gasteiger partial charge in [-0.25, -0.2) is 0 Å². The first-order chi connectivity index (χ1) is 14.2. The van der Waals surface area contributed by atoms with Crippen LogP contribution in [0, 0.1) is 0 Å². The molecular formula is C23H33N3O3. The topological polar surface area (TPSA) is 53.1 Å². The van der Waals surface area contributed by atoms with Crippen molar-refractivity contribution < 1.29 is 14.3 Å². The normalized spacial score (nSPS) is 21.8. The number of anilines is 1. The quantitative estimate of drug-likeness (QED) is 0.660. The third kappa shape index (κ3) is 5.10. The predicted molar refractivity (Wildman–Crippen MR) is 113 cm³/mol. The smallest absolute Gasteiger partial charge is 0.229 e. The maximum Gasteiger partial charge on any atom is 0.229 e. The number of para-hydroxylation sites is 2. The molecule has 2 saturated heterocycles. The van der Waals surface area contributed by atoms with Crippen molar-refractivity contribution in [2.45, 2.75) is 57.5 Å². The molecule has 1 aromatic rings. The second-order valence-corrected chi connectivity index (χ2v) is 8.47. The SMILES string of the molecule is O=C1CCCC(=O)N1CCCN1CCN(c2ccccc2OC2CCCC2)CC1. The van der Waals surface area contributed by atoms with Gasteiger partial charge < -0.3 is 9.64 Å². The van der Waals surface area contributed by atoms with Crippen molar-refractivity contribution in [1.82, 2.24) is 9.80 Å². The van der Waals surface area contributed by atoms with Crippen LogP contribution < -0.4 is 9.64 Å². The van der Waals surface area contributed by atoms with Crippen LogP contribution in [-0.4, -0.2) is 67.0 Å². The number of piperazine rings is 1. The molecule has 2 aliphatic heterocycles. The van der Waals surface area contributed by atoms with Crippen molar-refractivity contribution in [2.24, 2.45) is 0 Å². The zero-order chi connectivity index (χ0) is 20.1. The van der Waals surface area contributed by atoms with Gasteiger partial charge >= 0.3 is 0 Å². The number of hydrogen-bond acceptors (Lipinski definition) is 5. The molecule has 3 aliphatic rings. The van der Waals surface area contributed by atoms with E-state index in [2.05, 4.69) is 34.1 Å². The maximum atomic E-state index is 11.9. The van der Waals surface area contributed by atoms with Crippen molar-refractivity contribution >= 4 is 17.5 Å². The molecule has 3 fully saturated rings. The van der Waals surface area contributed by atoms with Crippen LogP contribution in [0.1, 0.15) is 51.4 Å². The molecule has 158 valence electrons.